The molecule has 4 nitrogen and oxygen atoms in total. The third-order valence-electron chi connectivity index (χ3n) is 0.154. The number of hydrogen-bond donors (Lipinski definition) is 0. The Morgan fingerprint density at radius 3 is 2.00 bits per heavy atom. The van der Waals surface area contributed by atoms with Gasteiger partial charge in [-0.2, -0.15) is 11.7 Å². The molecule has 0 aromatic heterocycles. The maximum Gasteiger partial charge on any atom is 0.426 e. The highest BCUT2D eigenvalue weighted by Gasteiger charge is 2.06. The molecule has 0 N–H and O–H groups in total. The fourth-order valence-electron chi connectivity index (χ4n) is 0.00972. The molecule has 0 heterocycles. The second-order valence-electron chi connectivity index (χ2n) is 0.534. The Labute approximate surface area is 54.3 Å². The molecule has 0 aliphatic heterocycles. The fourth-order valence-corrected chi connectivity index (χ4v) is 0.455. The van der Waals surface area contributed by atoms with Crippen LogP contribution in [0.1, 0.15) is 0 Å². The van der Waals surface area contributed by atoms with Crippen LogP contribution in [0.25, 0.3) is 0 Å². The molecule has 0 atom stereocenters. The molecule has 7 heteroatoms. The van der Waals surface area contributed by atoms with Gasteiger partial charge in [0.05, 0.1) is 11.9 Å². The lowest BCUT2D eigenvalue weighted by Gasteiger charge is -1.85. The fraction of sp³-hybridized carbons (Fsp3) is 0. The molecule has 0 saturated carbocycles. The van der Waals surface area contributed by atoms with Crippen LogP contribution in [0.2, 0.25) is 0 Å². The monoisotopic (exact) mass is 210 g/mol. The van der Waals surface area contributed by atoms with E-state index >= 15 is 0 Å². The van der Waals surface area contributed by atoms with Crippen molar-refractivity contribution in [1.82, 2.24) is 0 Å². The molecule has 7 heavy (non-hydrogen) atoms. The predicted molar refractivity (Wildman–Crippen MR) is 25.9 cm³/mol. The lowest BCUT2D eigenvalue weighted by atomic mass is 15.8. The van der Waals surface area contributed by atoms with E-state index in [0.29, 0.717) is 0 Å². The standard InChI is InChI=1S/BrClO4S/c1-5-7(3,4)6-2. The van der Waals surface area contributed by atoms with Crippen molar-refractivity contribution in [1.29, 1.82) is 0 Å². The molecule has 0 aliphatic carbocycles. The van der Waals surface area contributed by atoms with Gasteiger partial charge in [0.2, 0.25) is 0 Å². The van der Waals surface area contributed by atoms with Gasteiger partial charge in [-0.25, -0.2) is 0 Å². The lowest BCUT2D eigenvalue weighted by molar-refractivity contribution is 0.436. The Kier molecular flexibility index (Phi) is 3.09. The van der Waals surface area contributed by atoms with Crippen LogP contribution < -0.4 is 0 Å². The zero-order chi connectivity index (χ0) is 5.91. The quantitative estimate of drug-likeness (QED) is 0.676. The Balaban J connectivity index is 3.89. The van der Waals surface area contributed by atoms with Crippen LogP contribution in [0.5, 0.6) is 0 Å². The molecule has 44 valence electrons. The Bertz CT molecular complexity index is 115. The van der Waals surface area contributed by atoms with Crippen molar-refractivity contribution in [3.8, 4) is 0 Å². The molecule has 0 radical (unpaired) electrons. The highest BCUT2D eigenvalue weighted by Crippen LogP contribution is 2.01. The maximum absolute atomic E-state index is 9.74. The molecule has 0 rings (SSSR count). The molecular weight excluding hydrogens is 211 g/mol. The van der Waals surface area contributed by atoms with E-state index in [1.54, 1.807) is 0 Å². The van der Waals surface area contributed by atoms with Crippen LogP contribution in [0.4, 0.5) is 0 Å². The van der Waals surface area contributed by atoms with Crippen molar-refractivity contribution in [3.63, 3.8) is 0 Å². The average molecular weight is 211 g/mol. The van der Waals surface area contributed by atoms with Gasteiger partial charge in [-0.15, -0.1) is 3.74 Å². The number of halogens is 2. The molecule has 0 spiro atoms. The zero-order valence-corrected chi connectivity index (χ0v) is 5.96. The summed E-state index contributed by atoms with van der Waals surface area (Å²) in [5, 5.41) is 0. The summed E-state index contributed by atoms with van der Waals surface area (Å²) in [7, 11) is -3.98. The first-order valence-electron chi connectivity index (χ1n) is 0.975. The summed E-state index contributed by atoms with van der Waals surface area (Å²) in [6.07, 6.45) is 0. The van der Waals surface area contributed by atoms with Crippen molar-refractivity contribution in [2.45, 2.75) is 0 Å². The van der Waals surface area contributed by atoms with Crippen LogP contribution in [-0.2, 0) is 17.4 Å². The van der Waals surface area contributed by atoms with Crippen molar-refractivity contribution in [3.05, 3.63) is 0 Å². The second kappa shape index (κ2) is 2.83. The SMILES string of the molecule is O=S(=O)(OCl)OBr. The highest BCUT2D eigenvalue weighted by atomic mass is 79.9. The molecule has 0 amide bonds. The van der Waals surface area contributed by atoms with Gasteiger partial charge in [-0.3, -0.25) is 0 Å². The molecule has 0 bridgehead atoms. The largest absolute Gasteiger partial charge is 0.426 e. The minimum Gasteiger partial charge on any atom is -0.167 e. The summed E-state index contributed by atoms with van der Waals surface area (Å²) in [5.41, 5.74) is 0. The van der Waals surface area contributed by atoms with E-state index in [-0.39, 0.29) is 0 Å². The van der Waals surface area contributed by atoms with Gasteiger partial charge in [0, 0.05) is 0 Å². The average Bonchev–Trinajstić information content (AvgIpc) is 1.68. The predicted octanol–water partition coefficient (Wildman–Crippen LogP) is 0.728. The topological polar surface area (TPSA) is 52.6 Å². The summed E-state index contributed by atoms with van der Waals surface area (Å²) in [6.45, 7) is 0. The molecule has 0 aromatic rings. The minimum absolute atomic E-state index is 2.13. The van der Waals surface area contributed by atoms with Crippen molar-refractivity contribution >= 4 is 38.5 Å². The van der Waals surface area contributed by atoms with E-state index in [1.807, 2.05) is 0 Å². The minimum atomic E-state index is -3.98. The van der Waals surface area contributed by atoms with Crippen LogP contribution >= 0.6 is 28.1 Å². The first-order valence-corrected chi connectivity index (χ1v) is 3.26. The van der Waals surface area contributed by atoms with E-state index in [4.69, 9.17) is 0 Å². The van der Waals surface area contributed by atoms with Crippen molar-refractivity contribution in [2.75, 3.05) is 0 Å². The molecule has 0 saturated heterocycles. The Morgan fingerprint density at radius 1 is 1.57 bits per heavy atom. The number of rotatable bonds is 2. The first kappa shape index (κ1) is 7.64. The van der Waals surface area contributed by atoms with Crippen LogP contribution in [0, 0.1) is 0 Å². The van der Waals surface area contributed by atoms with E-state index in [2.05, 4.69) is 35.1 Å². The van der Waals surface area contributed by atoms with Gasteiger partial charge in [0.25, 0.3) is 0 Å². The van der Waals surface area contributed by atoms with E-state index in [9.17, 15) is 8.42 Å². The van der Waals surface area contributed by atoms with Crippen LogP contribution in [0.15, 0.2) is 0 Å². The molecular formula is BrClO4S. The van der Waals surface area contributed by atoms with Crippen LogP contribution in [0.3, 0.4) is 0 Å². The summed E-state index contributed by atoms with van der Waals surface area (Å²) in [5.74, 6) is 0. The molecule has 0 unspecified atom stereocenters. The number of hydrogen-bond acceptors (Lipinski definition) is 4. The maximum atomic E-state index is 9.74. The smallest absolute Gasteiger partial charge is 0.167 e. The highest BCUT2D eigenvalue weighted by molar-refractivity contribution is 9.06. The van der Waals surface area contributed by atoms with Gasteiger partial charge in [-0.1, -0.05) is 0 Å². The van der Waals surface area contributed by atoms with E-state index < -0.39 is 10.4 Å². The van der Waals surface area contributed by atoms with Crippen molar-refractivity contribution < 1.29 is 15.4 Å². The summed E-state index contributed by atoms with van der Waals surface area (Å²) < 4.78 is 26.3. The van der Waals surface area contributed by atoms with Crippen molar-refractivity contribution in [2.24, 2.45) is 0 Å². The Hall–Kier alpha value is 0.640. The van der Waals surface area contributed by atoms with E-state index in [0.717, 1.165) is 0 Å². The summed E-state index contributed by atoms with van der Waals surface area (Å²) >= 11 is 6.48. The molecule has 0 aromatic carbocycles. The molecule has 0 aliphatic rings. The van der Waals surface area contributed by atoms with Crippen LogP contribution in [-0.4, -0.2) is 8.42 Å². The third-order valence-corrected chi connectivity index (χ3v) is 1.90. The Morgan fingerprint density at radius 2 is 2.00 bits per heavy atom. The third kappa shape index (κ3) is 3.24. The first-order chi connectivity index (χ1) is 3.12. The van der Waals surface area contributed by atoms with Gasteiger partial charge in [0.1, 0.15) is 16.3 Å². The van der Waals surface area contributed by atoms with Gasteiger partial charge >= 0.3 is 10.4 Å². The van der Waals surface area contributed by atoms with Gasteiger partial charge < -0.3 is 0 Å². The van der Waals surface area contributed by atoms with Gasteiger partial charge in [0.15, 0.2) is 0 Å². The zero-order valence-electron chi connectivity index (χ0n) is 2.80. The lowest BCUT2D eigenvalue weighted by Crippen LogP contribution is -1.95. The summed E-state index contributed by atoms with van der Waals surface area (Å²) in [4.78, 5) is 0. The second-order valence-corrected chi connectivity index (χ2v) is 2.77. The van der Waals surface area contributed by atoms with Gasteiger partial charge in [-0.05, 0) is 0 Å². The normalized spacial score (nSPS) is 11.7. The molecule has 0 fully saturated rings. The van der Waals surface area contributed by atoms with E-state index in [1.165, 1.54) is 0 Å². The summed E-state index contributed by atoms with van der Waals surface area (Å²) in [6, 6.07) is 0.